The molecular formula is C11H21NS2. The van der Waals surface area contributed by atoms with Crippen molar-refractivity contribution in [2.45, 2.75) is 54.9 Å². The summed E-state index contributed by atoms with van der Waals surface area (Å²) in [6.07, 6.45) is 4.15. The second-order valence-corrected chi connectivity index (χ2v) is 7.79. The van der Waals surface area contributed by atoms with Crippen LogP contribution in [0.3, 0.4) is 0 Å². The summed E-state index contributed by atoms with van der Waals surface area (Å²) in [5.74, 6) is 2.25. The summed E-state index contributed by atoms with van der Waals surface area (Å²) in [7, 11) is 0. The van der Waals surface area contributed by atoms with E-state index in [1.165, 1.54) is 25.0 Å². The molecule has 1 saturated carbocycles. The van der Waals surface area contributed by atoms with Crippen molar-refractivity contribution in [1.29, 1.82) is 0 Å². The number of hydrogen-bond donors (Lipinski definition) is 1. The lowest BCUT2D eigenvalue weighted by molar-refractivity contribution is 0.564. The third-order valence-electron chi connectivity index (χ3n) is 3.35. The van der Waals surface area contributed by atoms with Crippen LogP contribution in [0.5, 0.6) is 0 Å². The van der Waals surface area contributed by atoms with Gasteiger partial charge in [-0.3, -0.25) is 0 Å². The smallest absolute Gasteiger partial charge is 0.0292 e. The lowest BCUT2D eigenvalue weighted by Crippen LogP contribution is -2.40. The van der Waals surface area contributed by atoms with E-state index in [2.05, 4.69) is 37.4 Å². The summed E-state index contributed by atoms with van der Waals surface area (Å²) in [5, 5.41) is 2.31. The SMILES string of the molecule is CC1SCC(C(N)CC2CC2)SC1C. The molecule has 1 aliphatic heterocycles. The molecule has 1 heterocycles. The Morgan fingerprint density at radius 3 is 2.57 bits per heavy atom. The average molecular weight is 231 g/mol. The molecule has 14 heavy (non-hydrogen) atoms. The van der Waals surface area contributed by atoms with E-state index < -0.39 is 0 Å². The second kappa shape index (κ2) is 4.67. The molecule has 4 atom stereocenters. The Bertz CT molecular complexity index is 194. The van der Waals surface area contributed by atoms with E-state index in [0.717, 1.165) is 16.4 Å². The van der Waals surface area contributed by atoms with Crippen LogP contribution in [0.15, 0.2) is 0 Å². The molecule has 0 bridgehead atoms. The van der Waals surface area contributed by atoms with Gasteiger partial charge in [-0.2, -0.15) is 23.5 Å². The van der Waals surface area contributed by atoms with Gasteiger partial charge in [0.25, 0.3) is 0 Å². The van der Waals surface area contributed by atoms with Crippen molar-refractivity contribution in [3.63, 3.8) is 0 Å². The maximum absolute atomic E-state index is 6.26. The minimum atomic E-state index is 0.454. The van der Waals surface area contributed by atoms with E-state index in [0.29, 0.717) is 11.3 Å². The van der Waals surface area contributed by atoms with E-state index in [1.54, 1.807) is 0 Å². The van der Waals surface area contributed by atoms with E-state index in [-0.39, 0.29) is 0 Å². The highest BCUT2D eigenvalue weighted by Gasteiger charge is 2.32. The maximum Gasteiger partial charge on any atom is 0.0292 e. The first-order valence-electron chi connectivity index (χ1n) is 5.69. The monoisotopic (exact) mass is 231 g/mol. The fraction of sp³-hybridized carbons (Fsp3) is 1.00. The van der Waals surface area contributed by atoms with Crippen LogP contribution in [0, 0.1) is 5.92 Å². The summed E-state index contributed by atoms with van der Waals surface area (Å²) in [4.78, 5) is 0. The Morgan fingerprint density at radius 1 is 1.29 bits per heavy atom. The van der Waals surface area contributed by atoms with Crippen molar-refractivity contribution in [1.82, 2.24) is 0 Å². The van der Waals surface area contributed by atoms with Crippen molar-refractivity contribution < 1.29 is 0 Å². The highest BCUT2D eigenvalue weighted by Crippen LogP contribution is 2.40. The van der Waals surface area contributed by atoms with E-state index in [9.17, 15) is 0 Å². The number of hydrogen-bond acceptors (Lipinski definition) is 3. The molecule has 0 aromatic rings. The van der Waals surface area contributed by atoms with Crippen LogP contribution in [0.25, 0.3) is 0 Å². The zero-order valence-electron chi connectivity index (χ0n) is 9.11. The van der Waals surface area contributed by atoms with Crippen molar-refractivity contribution in [3.05, 3.63) is 0 Å². The Labute approximate surface area is 96.0 Å². The maximum atomic E-state index is 6.26. The number of rotatable bonds is 3. The van der Waals surface area contributed by atoms with E-state index in [1.807, 2.05) is 0 Å². The van der Waals surface area contributed by atoms with Crippen LogP contribution < -0.4 is 5.73 Å². The van der Waals surface area contributed by atoms with Gasteiger partial charge in [0.2, 0.25) is 0 Å². The molecule has 4 unspecified atom stereocenters. The molecule has 3 heteroatoms. The Kier molecular flexibility index (Phi) is 3.72. The zero-order chi connectivity index (χ0) is 10.1. The molecule has 1 nitrogen and oxygen atoms in total. The Morgan fingerprint density at radius 2 is 2.00 bits per heavy atom. The zero-order valence-corrected chi connectivity index (χ0v) is 10.7. The molecule has 2 fully saturated rings. The molecule has 0 aromatic carbocycles. The highest BCUT2D eigenvalue weighted by molar-refractivity contribution is 8.07. The van der Waals surface area contributed by atoms with Crippen molar-refractivity contribution in [2.75, 3.05) is 5.75 Å². The van der Waals surface area contributed by atoms with Crippen molar-refractivity contribution in [2.24, 2.45) is 11.7 Å². The molecule has 1 aliphatic carbocycles. The van der Waals surface area contributed by atoms with Crippen LogP contribution in [0.1, 0.15) is 33.1 Å². The molecule has 1 saturated heterocycles. The normalized spacial score (nSPS) is 40.9. The van der Waals surface area contributed by atoms with Crippen LogP contribution in [-0.2, 0) is 0 Å². The highest BCUT2D eigenvalue weighted by atomic mass is 32.2. The first kappa shape index (κ1) is 11.2. The molecule has 0 spiro atoms. The minimum Gasteiger partial charge on any atom is -0.327 e. The standard InChI is InChI=1S/C11H21NS2/c1-7-8(2)14-11(6-13-7)10(12)5-9-3-4-9/h7-11H,3-6,12H2,1-2H3. The van der Waals surface area contributed by atoms with Gasteiger partial charge in [-0.15, -0.1) is 0 Å². The third kappa shape index (κ3) is 2.83. The van der Waals surface area contributed by atoms with Crippen LogP contribution in [0.4, 0.5) is 0 Å². The van der Waals surface area contributed by atoms with Gasteiger partial charge in [0.05, 0.1) is 0 Å². The predicted molar refractivity (Wildman–Crippen MR) is 68.1 cm³/mol. The third-order valence-corrected chi connectivity index (χ3v) is 6.93. The van der Waals surface area contributed by atoms with Crippen LogP contribution in [-0.4, -0.2) is 27.5 Å². The summed E-state index contributed by atoms with van der Waals surface area (Å²) in [5.41, 5.74) is 6.26. The Hall–Kier alpha value is 0.660. The molecule has 82 valence electrons. The van der Waals surface area contributed by atoms with Crippen LogP contribution >= 0.6 is 23.5 Å². The average Bonchev–Trinajstić information content (AvgIpc) is 2.93. The van der Waals surface area contributed by atoms with Gasteiger partial charge in [0, 0.05) is 27.5 Å². The van der Waals surface area contributed by atoms with Gasteiger partial charge in [0.1, 0.15) is 0 Å². The van der Waals surface area contributed by atoms with Gasteiger partial charge < -0.3 is 5.73 Å². The first-order valence-corrected chi connectivity index (χ1v) is 7.68. The number of nitrogens with two attached hydrogens (primary N) is 1. The summed E-state index contributed by atoms with van der Waals surface area (Å²) < 4.78 is 0. The van der Waals surface area contributed by atoms with Gasteiger partial charge in [-0.1, -0.05) is 26.7 Å². The first-order chi connectivity index (χ1) is 6.66. The summed E-state index contributed by atoms with van der Waals surface area (Å²) >= 11 is 4.24. The molecule has 2 aliphatic rings. The van der Waals surface area contributed by atoms with Gasteiger partial charge >= 0.3 is 0 Å². The molecule has 0 amide bonds. The topological polar surface area (TPSA) is 26.0 Å². The molecular weight excluding hydrogens is 210 g/mol. The van der Waals surface area contributed by atoms with Gasteiger partial charge in [-0.05, 0) is 12.3 Å². The fourth-order valence-corrected chi connectivity index (χ4v) is 5.00. The van der Waals surface area contributed by atoms with Crippen LogP contribution in [0.2, 0.25) is 0 Å². The minimum absolute atomic E-state index is 0.454. The summed E-state index contributed by atoms with van der Waals surface area (Å²) in [6.45, 7) is 4.68. The Balaban J connectivity index is 1.78. The fourth-order valence-electron chi connectivity index (χ4n) is 1.92. The van der Waals surface area contributed by atoms with Crippen molar-refractivity contribution in [3.8, 4) is 0 Å². The van der Waals surface area contributed by atoms with Gasteiger partial charge in [0.15, 0.2) is 0 Å². The largest absolute Gasteiger partial charge is 0.327 e. The molecule has 0 aromatic heterocycles. The second-order valence-electron chi connectivity index (χ2n) is 4.76. The lowest BCUT2D eigenvalue weighted by Gasteiger charge is -2.34. The van der Waals surface area contributed by atoms with E-state index in [4.69, 9.17) is 5.73 Å². The van der Waals surface area contributed by atoms with Crippen molar-refractivity contribution >= 4 is 23.5 Å². The summed E-state index contributed by atoms with van der Waals surface area (Å²) in [6, 6.07) is 0.454. The molecule has 2 rings (SSSR count). The predicted octanol–water partition coefficient (Wildman–Crippen LogP) is 2.74. The lowest BCUT2D eigenvalue weighted by atomic mass is 10.1. The molecule has 2 N–H and O–H groups in total. The number of thioether (sulfide) groups is 2. The van der Waals surface area contributed by atoms with Gasteiger partial charge in [-0.25, -0.2) is 0 Å². The quantitative estimate of drug-likeness (QED) is 0.809. The van der Waals surface area contributed by atoms with E-state index >= 15 is 0 Å². The molecule has 0 radical (unpaired) electrons.